The van der Waals surface area contributed by atoms with Gasteiger partial charge in [0.1, 0.15) is 24.0 Å². The minimum absolute atomic E-state index is 0.560. The van der Waals surface area contributed by atoms with Crippen molar-refractivity contribution >= 4 is 66.4 Å². The number of aromatic nitrogens is 3. The summed E-state index contributed by atoms with van der Waals surface area (Å²) >= 11 is 0. The normalized spacial score (nSPS) is 13.2. The van der Waals surface area contributed by atoms with E-state index >= 15 is 0 Å². The number of benzene rings is 12. The molecule has 0 fully saturated rings. The lowest BCUT2D eigenvalue weighted by molar-refractivity contribution is 0.483. The van der Waals surface area contributed by atoms with Crippen LogP contribution in [0.2, 0.25) is 0 Å². The Bertz CT molecular complexity index is 4940. The minimum atomic E-state index is -0.604. The van der Waals surface area contributed by atoms with Crippen molar-refractivity contribution in [1.82, 2.24) is 14.1 Å². The maximum Gasteiger partial charge on any atom is 0.139 e. The van der Waals surface area contributed by atoms with Gasteiger partial charge in [-0.2, -0.15) is 0 Å². The van der Waals surface area contributed by atoms with E-state index in [2.05, 4.69) is 322 Å². The summed E-state index contributed by atoms with van der Waals surface area (Å²) in [6, 6.07) is 110. The average Bonchev–Trinajstić information content (AvgIpc) is 2.57. The summed E-state index contributed by atoms with van der Waals surface area (Å²) in [6.45, 7) is 0.560. The molecule has 0 N–H and O–H groups in total. The van der Waals surface area contributed by atoms with Crippen molar-refractivity contribution in [2.45, 2.75) is 5.41 Å². The fraction of sp³-hybridized carbons (Fsp3) is 0.0253. The van der Waals surface area contributed by atoms with Crippen molar-refractivity contribution in [2.75, 3.05) is 16.5 Å². The highest BCUT2D eigenvalue weighted by molar-refractivity contribution is 6.11. The molecule has 15 aromatic rings. The lowest BCUT2D eigenvalue weighted by Gasteiger charge is -2.36. The number of fused-ring (bicyclic) bond motifs is 10. The zero-order valence-corrected chi connectivity index (χ0v) is 46.3. The molecule has 0 unspecified atom stereocenters. The maximum atomic E-state index is 6.99. The van der Waals surface area contributed by atoms with Gasteiger partial charge in [-0.3, -0.25) is 4.57 Å². The van der Waals surface area contributed by atoms with Crippen LogP contribution in [-0.2, 0) is 5.41 Å². The molecule has 6 nitrogen and oxygen atoms in total. The van der Waals surface area contributed by atoms with Crippen molar-refractivity contribution in [1.29, 1.82) is 0 Å². The molecule has 0 spiro atoms. The van der Waals surface area contributed by atoms with Gasteiger partial charge >= 0.3 is 0 Å². The van der Waals surface area contributed by atoms with Gasteiger partial charge in [0, 0.05) is 62.8 Å². The van der Waals surface area contributed by atoms with E-state index in [0.29, 0.717) is 6.67 Å². The molecule has 3 aromatic heterocycles. The predicted octanol–water partition coefficient (Wildman–Crippen LogP) is 20.0. The molecule has 2 aliphatic rings. The molecular weight excluding hydrogens is 1030 g/mol. The Morgan fingerprint density at radius 1 is 0.329 bits per heavy atom. The van der Waals surface area contributed by atoms with Crippen LogP contribution in [0.3, 0.4) is 0 Å². The van der Waals surface area contributed by atoms with Crippen LogP contribution in [0.25, 0.3) is 88.5 Å². The van der Waals surface area contributed by atoms with Gasteiger partial charge in [0.05, 0.1) is 50.2 Å². The third-order valence-corrected chi connectivity index (χ3v) is 17.7. The summed E-state index contributed by atoms with van der Waals surface area (Å²) in [5.74, 6) is 2.30. The number of para-hydroxylation sites is 5. The summed E-state index contributed by atoms with van der Waals surface area (Å²) in [5.41, 5.74) is 21.4. The Morgan fingerprint density at radius 3 is 1.46 bits per heavy atom. The van der Waals surface area contributed by atoms with Crippen molar-refractivity contribution < 1.29 is 4.74 Å². The van der Waals surface area contributed by atoms with E-state index in [1.165, 1.54) is 44.2 Å². The monoisotopic (exact) mass is 1090 g/mol. The standard InChI is InChI=1S/C79H53N5O/c1-4-23-53(24-5-1)67-47-56(79(55-27-8-3-9-28-55)69-36-15-10-31-61(69)62-32-11-16-37-70(62)79)48-68(54-25-6-2-7-26-54)78(67)82-52-81(74-41-20-21-42-75(74)82)57-29-22-30-59(49-57)85-60-43-44-66-65-35-14-19-40-73(65)84(76(66)51-60)77-50-58(45-46-80-77)83-71-38-17-12-33-63(71)64-34-13-18-39-72(64)83/h1-51H,52H2. The Labute approximate surface area is 492 Å². The van der Waals surface area contributed by atoms with Gasteiger partial charge in [-0.05, 0) is 117 Å². The van der Waals surface area contributed by atoms with Crippen molar-refractivity contribution in [3.05, 3.63) is 332 Å². The van der Waals surface area contributed by atoms with Crippen LogP contribution in [0, 0.1) is 0 Å². The van der Waals surface area contributed by atoms with E-state index in [-0.39, 0.29) is 0 Å². The lowest BCUT2D eigenvalue weighted by Crippen LogP contribution is -2.29. The van der Waals surface area contributed by atoms with Crippen LogP contribution in [0.15, 0.2) is 310 Å². The first-order valence-electron chi connectivity index (χ1n) is 29.1. The summed E-state index contributed by atoms with van der Waals surface area (Å²) in [5, 5.41) is 4.72. The molecule has 85 heavy (non-hydrogen) atoms. The number of pyridine rings is 1. The maximum absolute atomic E-state index is 6.99. The van der Waals surface area contributed by atoms with Crippen LogP contribution in [0.1, 0.15) is 22.3 Å². The lowest BCUT2D eigenvalue weighted by atomic mass is 9.66. The second-order valence-electron chi connectivity index (χ2n) is 22.2. The van der Waals surface area contributed by atoms with E-state index in [1.54, 1.807) is 0 Å². The van der Waals surface area contributed by atoms with Crippen LogP contribution >= 0.6 is 0 Å². The molecule has 0 atom stereocenters. The first-order chi connectivity index (χ1) is 42.2. The highest BCUT2D eigenvalue weighted by atomic mass is 16.5. The topological polar surface area (TPSA) is 38.5 Å². The Balaban J connectivity index is 0.781. The fourth-order valence-corrected chi connectivity index (χ4v) is 14.1. The molecule has 0 radical (unpaired) electrons. The molecule has 1 aliphatic heterocycles. The second-order valence-corrected chi connectivity index (χ2v) is 22.2. The van der Waals surface area contributed by atoms with Crippen LogP contribution in [0.5, 0.6) is 11.5 Å². The van der Waals surface area contributed by atoms with Gasteiger partial charge in [-0.1, -0.05) is 212 Å². The molecule has 400 valence electrons. The number of ether oxygens (including phenoxy) is 1. The Hall–Kier alpha value is -11.2. The van der Waals surface area contributed by atoms with Crippen LogP contribution in [-0.4, -0.2) is 20.8 Å². The summed E-state index contributed by atoms with van der Waals surface area (Å²) in [7, 11) is 0. The SMILES string of the molecule is c1ccc(-c2cc(C3(c4ccccc4)c4ccccc4-c4ccccc43)cc(-c3ccccc3)c2N2CN(c3cccc(Oc4ccc5c6ccccc6n(-c6cc(-n7c8ccccc8c8ccccc87)ccn6)c5c4)c3)c3ccccc32)cc1. The molecule has 0 saturated carbocycles. The number of rotatable bonds is 10. The minimum Gasteiger partial charge on any atom is -0.457 e. The number of nitrogens with zero attached hydrogens (tertiary/aromatic N) is 5. The van der Waals surface area contributed by atoms with Gasteiger partial charge in [0.25, 0.3) is 0 Å². The summed E-state index contributed by atoms with van der Waals surface area (Å²) in [6.07, 6.45) is 1.92. The smallest absolute Gasteiger partial charge is 0.139 e. The molecule has 0 saturated heterocycles. The number of hydrogen-bond donors (Lipinski definition) is 0. The van der Waals surface area contributed by atoms with Gasteiger partial charge in [-0.25, -0.2) is 4.98 Å². The summed E-state index contributed by atoms with van der Waals surface area (Å²) < 4.78 is 11.6. The first kappa shape index (κ1) is 48.5. The van der Waals surface area contributed by atoms with E-state index in [4.69, 9.17) is 9.72 Å². The average molecular weight is 1090 g/mol. The van der Waals surface area contributed by atoms with Crippen molar-refractivity contribution in [3.63, 3.8) is 0 Å². The molecule has 0 amide bonds. The molecule has 17 rings (SSSR count). The summed E-state index contributed by atoms with van der Waals surface area (Å²) in [4.78, 5) is 10.0. The first-order valence-corrected chi connectivity index (χ1v) is 29.1. The quantitative estimate of drug-likeness (QED) is 0.137. The third-order valence-electron chi connectivity index (χ3n) is 17.7. The predicted molar refractivity (Wildman–Crippen MR) is 350 cm³/mol. The third kappa shape index (κ3) is 7.55. The van der Waals surface area contributed by atoms with Gasteiger partial charge in [-0.15, -0.1) is 0 Å². The van der Waals surface area contributed by atoms with Crippen LogP contribution < -0.4 is 14.5 Å². The number of anilines is 4. The van der Waals surface area contributed by atoms with Gasteiger partial charge < -0.3 is 19.1 Å². The molecule has 1 aliphatic carbocycles. The fourth-order valence-electron chi connectivity index (χ4n) is 14.1. The van der Waals surface area contributed by atoms with Crippen LogP contribution in [0.4, 0.5) is 22.7 Å². The molecule has 4 heterocycles. The van der Waals surface area contributed by atoms with E-state index in [9.17, 15) is 0 Å². The molecule has 0 bridgehead atoms. The van der Waals surface area contributed by atoms with Crippen molar-refractivity contribution in [2.24, 2.45) is 0 Å². The van der Waals surface area contributed by atoms with Gasteiger partial charge in [0.15, 0.2) is 0 Å². The Kier molecular flexibility index (Phi) is 11.1. The molecule has 12 aromatic carbocycles. The van der Waals surface area contributed by atoms with Gasteiger partial charge in [0.2, 0.25) is 0 Å². The molecule has 6 heteroatoms. The zero-order valence-electron chi connectivity index (χ0n) is 46.3. The van der Waals surface area contributed by atoms with E-state index < -0.39 is 5.41 Å². The van der Waals surface area contributed by atoms with Crippen molar-refractivity contribution in [3.8, 4) is 56.4 Å². The highest BCUT2D eigenvalue weighted by Gasteiger charge is 2.47. The van der Waals surface area contributed by atoms with E-state index in [1.807, 2.05) is 6.20 Å². The molecular formula is C79H53N5O. The second kappa shape index (κ2) is 19.5. The Morgan fingerprint density at radius 2 is 0.835 bits per heavy atom. The zero-order chi connectivity index (χ0) is 56.0. The number of hydrogen-bond acceptors (Lipinski definition) is 4. The highest BCUT2D eigenvalue weighted by Crippen LogP contribution is 2.59. The largest absolute Gasteiger partial charge is 0.457 e. The van der Waals surface area contributed by atoms with E-state index in [0.717, 1.165) is 101 Å².